The molecule has 2 heterocycles. The molecule has 0 spiro atoms. The number of carbonyl (C=O) groups excluding carboxylic acids is 1. The number of Topliss-reactive ketones (excluding diaryl/α,β-unsaturated/α-hetero) is 1. The molecule has 0 saturated carbocycles. The maximum absolute atomic E-state index is 12.4. The second kappa shape index (κ2) is 5.46. The SMILES string of the molecule is C=C1Oc2c(ccc(-c3ccccc3)c2-c2c[nH]c3ccccc23)C1=O. The van der Waals surface area contributed by atoms with Crippen molar-refractivity contribution in [2.75, 3.05) is 0 Å². The zero-order valence-corrected chi connectivity index (χ0v) is 14.0. The number of hydrogen-bond donors (Lipinski definition) is 1. The maximum atomic E-state index is 12.4. The van der Waals surface area contributed by atoms with Crippen LogP contribution in [0.15, 0.2) is 85.3 Å². The lowest BCUT2D eigenvalue weighted by Gasteiger charge is -2.13. The zero-order chi connectivity index (χ0) is 17.7. The molecule has 4 aromatic rings. The molecule has 5 rings (SSSR count). The molecular weight excluding hydrogens is 322 g/mol. The Kier molecular flexibility index (Phi) is 3.09. The molecule has 0 aliphatic carbocycles. The smallest absolute Gasteiger partial charge is 0.231 e. The summed E-state index contributed by atoms with van der Waals surface area (Å²) in [7, 11) is 0. The number of aromatic amines is 1. The van der Waals surface area contributed by atoms with Gasteiger partial charge in [-0.05, 0) is 23.3 Å². The first kappa shape index (κ1) is 14.7. The molecule has 26 heavy (non-hydrogen) atoms. The number of hydrogen-bond acceptors (Lipinski definition) is 2. The highest BCUT2D eigenvalue weighted by Gasteiger charge is 2.31. The highest BCUT2D eigenvalue weighted by atomic mass is 16.5. The minimum absolute atomic E-state index is 0.152. The van der Waals surface area contributed by atoms with E-state index in [0.29, 0.717) is 11.3 Å². The molecule has 124 valence electrons. The molecule has 0 atom stereocenters. The summed E-state index contributed by atoms with van der Waals surface area (Å²) >= 11 is 0. The van der Waals surface area contributed by atoms with Gasteiger partial charge in [-0.15, -0.1) is 0 Å². The van der Waals surface area contributed by atoms with E-state index in [9.17, 15) is 4.79 Å². The Hall–Kier alpha value is -3.59. The van der Waals surface area contributed by atoms with Gasteiger partial charge < -0.3 is 9.72 Å². The number of fused-ring (bicyclic) bond motifs is 2. The molecule has 1 N–H and O–H groups in total. The summed E-state index contributed by atoms with van der Waals surface area (Å²) in [4.78, 5) is 15.7. The minimum atomic E-state index is -0.152. The van der Waals surface area contributed by atoms with Crippen molar-refractivity contribution in [1.29, 1.82) is 0 Å². The van der Waals surface area contributed by atoms with Gasteiger partial charge in [-0.3, -0.25) is 4.79 Å². The van der Waals surface area contributed by atoms with Crippen LogP contribution in [-0.2, 0) is 0 Å². The third-order valence-electron chi connectivity index (χ3n) is 4.82. The summed E-state index contributed by atoms with van der Waals surface area (Å²) < 4.78 is 5.83. The van der Waals surface area contributed by atoms with Crippen molar-refractivity contribution in [3.8, 4) is 28.0 Å². The van der Waals surface area contributed by atoms with Crippen LogP contribution in [-0.4, -0.2) is 10.8 Å². The second-order valence-corrected chi connectivity index (χ2v) is 6.33. The fourth-order valence-corrected chi connectivity index (χ4v) is 3.59. The zero-order valence-electron chi connectivity index (χ0n) is 14.0. The molecule has 3 aromatic carbocycles. The first-order chi connectivity index (χ1) is 12.7. The van der Waals surface area contributed by atoms with E-state index < -0.39 is 0 Å². The molecular formula is C23H15NO2. The van der Waals surface area contributed by atoms with E-state index in [1.807, 2.05) is 54.7 Å². The van der Waals surface area contributed by atoms with E-state index in [0.717, 1.165) is 33.2 Å². The van der Waals surface area contributed by atoms with Crippen LogP contribution < -0.4 is 4.74 Å². The topological polar surface area (TPSA) is 42.1 Å². The van der Waals surface area contributed by atoms with E-state index in [2.05, 4.69) is 29.8 Å². The average Bonchev–Trinajstić information content (AvgIpc) is 3.23. The Morgan fingerprint density at radius 1 is 0.808 bits per heavy atom. The molecule has 0 saturated heterocycles. The van der Waals surface area contributed by atoms with Gasteiger partial charge in [-0.25, -0.2) is 0 Å². The van der Waals surface area contributed by atoms with Crippen molar-refractivity contribution in [3.05, 3.63) is 90.8 Å². The third-order valence-corrected chi connectivity index (χ3v) is 4.82. The van der Waals surface area contributed by atoms with Gasteiger partial charge in [-0.2, -0.15) is 0 Å². The van der Waals surface area contributed by atoms with Crippen LogP contribution in [0.3, 0.4) is 0 Å². The summed E-state index contributed by atoms with van der Waals surface area (Å²) in [6.45, 7) is 3.76. The minimum Gasteiger partial charge on any atom is -0.452 e. The molecule has 0 radical (unpaired) electrons. The molecule has 1 aromatic heterocycles. The number of H-pyrrole nitrogens is 1. The van der Waals surface area contributed by atoms with E-state index in [4.69, 9.17) is 4.74 Å². The molecule has 1 aliphatic rings. The number of carbonyl (C=O) groups is 1. The molecule has 3 heteroatoms. The number of ketones is 1. The lowest BCUT2D eigenvalue weighted by molar-refractivity contribution is 0.101. The largest absolute Gasteiger partial charge is 0.452 e. The monoisotopic (exact) mass is 337 g/mol. The standard InChI is InChI=1S/C23H15NO2/c1-14-22(25)18-12-11-16(15-7-3-2-4-8-15)21(23(18)26-14)19-13-24-20-10-6-5-9-17(19)20/h2-13,24H,1H2. The van der Waals surface area contributed by atoms with Crippen molar-refractivity contribution in [2.45, 2.75) is 0 Å². The first-order valence-corrected chi connectivity index (χ1v) is 8.44. The van der Waals surface area contributed by atoms with Crippen LogP contribution in [0.4, 0.5) is 0 Å². The van der Waals surface area contributed by atoms with E-state index in [1.54, 1.807) is 0 Å². The average molecular weight is 337 g/mol. The molecule has 3 nitrogen and oxygen atoms in total. The number of nitrogens with one attached hydrogen (secondary N) is 1. The fraction of sp³-hybridized carbons (Fsp3) is 0. The Balaban J connectivity index is 1.88. The maximum Gasteiger partial charge on any atom is 0.231 e. The summed E-state index contributed by atoms with van der Waals surface area (Å²) in [6, 6.07) is 22.1. The lowest BCUT2D eigenvalue weighted by atomic mass is 9.91. The van der Waals surface area contributed by atoms with Crippen molar-refractivity contribution >= 4 is 16.7 Å². The van der Waals surface area contributed by atoms with Crippen molar-refractivity contribution in [2.24, 2.45) is 0 Å². The lowest BCUT2D eigenvalue weighted by Crippen LogP contribution is -1.94. The van der Waals surface area contributed by atoms with Crippen LogP contribution >= 0.6 is 0 Å². The normalized spacial score (nSPS) is 13.1. The van der Waals surface area contributed by atoms with Crippen LogP contribution in [0.25, 0.3) is 33.2 Å². The Labute approximate surface area is 150 Å². The number of ether oxygens (including phenoxy) is 1. The molecule has 0 unspecified atom stereocenters. The van der Waals surface area contributed by atoms with Gasteiger partial charge in [0.05, 0.1) is 5.56 Å². The Morgan fingerprint density at radius 2 is 1.54 bits per heavy atom. The van der Waals surface area contributed by atoms with Gasteiger partial charge in [0.25, 0.3) is 0 Å². The summed E-state index contributed by atoms with van der Waals surface area (Å²) in [5, 5.41) is 1.09. The highest BCUT2D eigenvalue weighted by molar-refractivity contribution is 6.15. The number of para-hydroxylation sites is 1. The predicted octanol–water partition coefficient (Wildman–Crippen LogP) is 5.59. The number of aromatic nitrogens is 1. The number of allylic oxidation sites excluding steroid dienone is 1. The molecule has 0 bridgehead atoms. The Bertz CT molecular complexity index is 1190. The van der Waals surface area contributed by atoms with Crippen LogP contribution in [0.5, 0.6) is 5.75 Å². The van der Waals surface area contributed by atoms with Gasteiger partial charge in [-0.1, -0.05) is 61.2 Å². The van der Waals surface area contributed by atoms with Gasteiger partial charge >= 0.3 is 0 Å². The van der Waals surface area contributed by atoms with Crippen molar-refractivity contribution in [1.82, 2.24) is 4.98 Å². The summed E-state index contributed by atoms with van der Waals surface area (Å²) in [6.07, 6.45) is 1.97. The third kappa shape index (κ3) is 2.04. The Morgan fingerprint density at radius 3 is 2.38 bits per heavy atom. The quantitative estimate of drug-likeness (QED) is 0.484. The first-order valence-electron chi connectivity index (χ1n) is 8.44. The second-order valence-electron chi connectivity index (χ2n) is 6.33. The van der Waals surface area contributed by atoms with Gasteiger partial charge in [0, 0.05) is 28.2 Å². The van der Waals surface area contributed by atoms with Crippen LogP contribution in [0, 0.1) is 0 Å². The van der Waals surface area contributed by atoms with E-state index in [1.165, 1.54) is 0 Å². The molecule has 1 aliphatic heterocycles. The van der Waals surface area contributed by atoms with Crippen LogP contribution in [0.2, 0.25) is 0 Å². The van der Waals surface area contributed by atoms with Gasteiger partial charge in [0.1, 0.15) is 5.75 Å². The number of rotatable bonds is 2. The summed E-state index contributed by atoms with van der Waals surface area (Å²) in [5.74, 6) is 0.609. The molecule has 0 fully saturated rings. The highest BCUT2D eigenvalue weighted by Crippen LogP contribution is 2.47. The van der Waals surface area contributed by atoms with Crippen LogP contribution in [0.1, 0.15) is 10.4 Å². The van der Waals surface area contributed by atoms with Gasteiger partial charge in [0.15, 0.2) is 5.76 Å². The van der Waals surface area contributed by atoms with Crippen molar-refractivity contribution in [3.63, 3.8) is 0 Å². The number of benzene rings is 3. The fourth-order valence-electron chi connectivity index (χ4n) is 3.59. The molecule has 0 amide bonds. The predicted molar refractivity (Wildman–Crippen MR) is 103 cm³/mol. The van der Waals surface area contributed by atoms with Crippen molar-refractivity contribution < 1.29 is 9.53 Å². The van der Waals surface area contributed by atoms with Gasteiger partial charge in [0.2, 0.25) is 5.78 Å². The summed E-state index contributed by atoms with van der Waals surface area (Å²) in [5.41, 5.74) is 5.63. The van der Waals surface area contributed by atoms with E-state index in [-0.39, 0.29) is 11.5 Å². The van der Waals surface area contributed by atoms with E-state index >= 15 is 0 Å².